The molecule has 1 aromatic carbocycles. The van der Waals surface area contributed by atoms with Gasteiger partial charge >= 0.3 is 0 Å². The van der Waals surface area contributed by atoms with Crippen LogP contribution in [0.3, 0.4) is 0 Å². The van der Waals surface area contributed by atoms with Crippen LogP contribution in [0.2, 0.25) is 10.0 Å². The van der Waals surface area contributed by atoms with Gasteiger partial charge in [0.25, 0.3) is 0 Å². The Morgan fingerprint density at radius 3 is 2.81 bits per heavy atom. The maximum absolute atomic E-state index is 12.3. The zero-order valence-corrected chi connectivity index (χ0v) is 13.8. The molecule has 0 spiro atoms. The lowest BCUT2D eigenvalue weighted by atomic mass is 9.98. The summed E-state index contributed by atoms with van der Waals surface area (Å²) in [6.45, 7) is 2.86. The van der Waals surface area contributed by atoms with E-state index in [1.54, 1.807) is 6.07 Å². The summed E-state index contributed by atoms with van der Waals surface area (Å²) in [5, 5.41) is 1.13. The average Bonchev–Trinajstić information content (AvgIpc) is 2.42. The first-order valence-electron chi connectivity index (χ1n) is 7.46. The number of aryl methyl sites for hydroxylation is 1. The van der Waals surface area contributed by atoms with Crippen molar-refractivity contribution >= 4 is 29.1 Å². The molecule has 21 heavy (non-hydrogen) atoms. The second-order valence-electron chi connectivity index (χ2n) is 5.82. The van der Waals surface area contributed by atoms with Gasteiger partial charge in [0, 0.05) is 25.0 Å². The fraction of sp³-hybridized carbons (Fsp3) is 0.562. The maximum atomic E-state index is 12.3. The average molecular weight is 329 g/mol. The van der Waals surface area contributed by atoms with E-state index in [4.69, 9.17) is 28.9 Å². The number of amides is 1. The van der Waals surface area contributed by atoms with Crippen molar-refractivity contribution in [2.75, 3.05) is 6.54 Å². The van der Waals surface area contributed by atoms with E-state index in [9.17, 15) is 4.79 Å². The predicted octanol–water partition coefficient (Wildman–Crippen LogP) is 3.65. The van der Waals surface area contributed by atoms with Gasteiger partial charge in [-0.15, -0.1) is 0 Å². The smallest absolute Gasteiger partial charge is 0.222 e. The van der Waals surface area contributed by atoms with Crippen molar-refractivity contribution in [3.63, 3.8) is 0 Å². The summed E-state index contributed by atoms with van der Waals surface area (Å²) in [4.78, 5) is 14.2. The second kappa shape index (κ2) is 7.48. The van der Waals surface area contributed by atoms with E-state index in [1.807, 2.05) is 17.0 Å². The quantitative estimate of drug-likeness (QED) is 0.916. The van der Waals surface area contributed by atoms with Gasteiger partial charge in [0.05, 0.1) is 10.0 Å². The lowest BCUT2D eigenvalue weighted by molar-refractivity contribution is -0.134. The Morgan fingerprint density at radius 2 is 2.14 bits per heavy atom. The number of halogens is 2. The van der Waals surface area contributed by atoms with E-state index >= 15 is 0 Å². The van der Waals surface area contributed by atoms with E-state index in [0.717, 1.165) is 37.8 Å². The number of rotatable bonds is 4. The van der Waals surface area contributed by atoms with Crippen molar-refractivity contribution in [2.24, 2.45) is 5.73 Å². The molecule has 0 saturated carbocycles. The summed E-state index contributed by atoms with van der Waals surface area (Å²) >= 11 is 11.9. The number of hydrogen-bond acceptors (Lipinski definition) is 2. The van der Waals surface area contributed by atoms with Crippen molar-refractivity contribution in [3.8, 4) is 0 Å². The van der Waals surface area contributed by atoms with E-state index < -0.39 is 0 Å². The summed E-state index contributed by atoms with van der Waals surface area (Å²) in [6, 6.07) is 6.12. The second-order valence-corrected chi connectivity index (χ2v) is 6.64. The zero-order chi connectivity index (χ0) is 15.4. The zero-order valence-electron chi connectivity index (χ0n) is 12.3. The number of piperidine rings is 1. The fourth-order valence-electron chi connectivity index (χ4n) is 2.86. The number of benzene rings is 1. The van der Waals surface area contributed by atoms with Gasteiger partial charge in [-0.2, -0.15) is 0 Å². The van der Waals surface area contributed by atoms with Gasteiger partial charge in [0.1, 0.15) is 0 Å². The van der Waals surface area contributed by atoms with Gasteiger partial charge in [0.15, 0.2) is 0 Å². The Balaban J connectivity index is 1.80. The third kappa shape index (κ3) is 4.60. The molecular weight excluding hydrogens is 307 g/mol. The van der Waals surface area contributed by atoms with Crippen LogP contribution in [0.4, 0.5) is 0 Å². The van der Waals surface area contributed by atoms with E-state index in [-0.39, 0.29) is 18.0 Å². The lowest BCUT2D eigenvalue weighted by Gasteiger charge is -2.36. The Hall–Kier alpha value is -0.770. The van der Waals surface area contributed by atoms with Crippen LogP contribution in [-0.4, -0.2) is 29.4 Å². The van der Waals surface area contributed by atoms with Gasteiger partial charge in [-0.05, 0) is 50.3 Å². The van der Waals surface area contributed by atoms with E-state index in [2.05, 4.69) is 6.92 Å². The molecule has 0 aromatic heterocycles. The number of hydrogen-bond donors (Lipinski definition) is 1. The molecule has 1 fully saturated rings. The van der Waals surface area contributed by atoms with Gasteiger partial charge in [0.2, 0.25) is 5.91 Å². The Bertz CT molecular complexity index is 507. The van der Waals surface area contributed by atoms with Crippen LogP contribution in [0.25, 0.3) is 0 Å². The summed E-state index contributed by atoms with van der Waals surface area (Å²) in [6.07, 6.45) is 4.04. The van der Waals surface area contributed by atoms with Gasteiger partial charge < -0.3 is 10.6 Å². The monoisotopic (exact) mass is 328 g/mol. The van der Waals surface area contributed by atoms with Crippen LogP contribution in [0, 0.1) is 0 Å². The third-order valence-corrected chi connectivity index (χ3v) is 4.82. The standard InChI is InChI=1S/C16H22Cl2N2O/c1-11-9-13(19)7-8-20(11)16(21)4-2-3-12-5-6-14(17)15(18)10-12/h5-6,10-11,13H,2-4,7-9,19H2,1H3/t11-,13-/m1/s1. The van der Waals surface area contributed by atoms with Gasteiger partial charge in [-0.25, -0.2) is 0 Å². The molecule has 5 heteroatoms. The van der Waals surface area contributed by atoms with Crippen molar-refractivity contribution in [1.82, 2.24) is 4.90 Å². The molecule has 0 aliphatic carbocycles. The molecule has 1 heterocycles. The molecule has 1 aromatic rings. The molecule has 116 valence electrons. The topological polar surface area (TPSA) is 46.3 Å². The molecule has 1 aliphatic heterocycles. The molecule has 1 saturated heterocycles. The molecule has 1 aliphatic rings. The van der Waals surface area contributed by atoms with Crippen LogP contribution in [0.15, 0.2) is 18.2 Å². The molecule has 2 N–H and O–H groups in total. The van der Waals surface area contributed by atoms with E-state index in [1.165, 1.54) is 0 Å². The minimum atomic E-state index is 0.231. The summed E-state index contributed by atoms with van der Waals surface area (Å²) in [7, 11) is 0. The SMILES string of the molecule is C[C@@H]1C[C@H](N)CCN1C(=O)CCCc1ccc(Cl)c(Cl)c1. The summed E-state index contributed by atoms with van der Waals surface area (Å²) < 4.78 is 0. The maximum Gasteiger partial charge on any atom is 0.222 e. The highest BCUT2D eigenvalue weighted by atomic mass is 35.5. The molecule has 3 nitrogen and oxygen atoms in total. The molecule has 0 bridgehead atoms. The van der Waals surface area contributed by atoms with Crippen molar-refractivity contribution in [2.45, 2.75) is 51.1 Å². The molecular formula is C16H22Cl2N2O. The highest BCUT2D eigenvalue weighted by molar-refractivity contribution is 6.42. The number of nitrogens with two attached hydrogens (primary N) is 1. The van der Waals surface area contributed by atoms with E-state index in [0.29, 0.717) is 16.5 Å². The third-order valence-electron chi connectivity index (χ3n) is 4.08. The highest BCUT2D eigenvalue weighted by Crippen LogP contribution is 2.23. The molecule has 0 unspecified atom stereocenters. The normalized spacial score (nSPS) is 22.4. The first kappa shape index (κ1) is 16.6. The number of nitrogens with zero attached hydrogens (tertiary/aromatic N) is 1. The lowest BCUT2D eigenvalue weighted by Crippen LogP contribution is -2.48. The minimum Gasteiger partial charge on any atom is -0.340 e. The van der Waals surface area contributed by atoms with Crippen molar-refractivity contribution in [1.29, 1.82) is 0 Å². The Kier molecular flexibility index (Phi) is 5.91. The molecule has 2 atom stereocenters. The molecule has 2 rings (SSSR count). The minimum absolute atomic E-state index is 0.231. The predicted molar refractivity (Wildman–Crippen MR) is 87.8 cm³/mol. The first-order chi connectivity index (χ1) is 9.97. The first-order valence-corrected chi connectivity index (χ1v) is 8.22. The summed E-state index contributed by atoms with van der Waals surface area (Å²) in [5.74, 6) is 0.231. The van der Waals surface area contributed by atoms with Crippen LogP contribution in [0.5, 0.6) is 0 Å². The largest absolute Gasteiger partial charge is 0.340 e. The Morgan fingerprint density at radius 1 is 1.38 bits per heavy atom. The number of likely N-dealkylation sites (tertiary alicyclic amines) is 1. The van der Waals surface area contributed by atoms with Crippen molar-refractivity contribution < 1.29 is 4.79 Å². The van der Waals surface area contributed by atoms with Gasteiger partial charge in [-0.3, -0.25) is 4.79 Å². The molecule has 0 radical (unpaired) electrons. The summed E-state index contributed by atoms with van der Waals surface area (Å²) in [5.41, 5.74) is 7.05. The number of carbonyl (C=O) groups excluding carboxylic acids is 1. The van der Waals surface area contributed by atoms with Crippen LogP contribution in [-0.2, 0) is 11.2 Å². The van der Waals surface area contributed by atoms with Crippen LogP contribution in [0.1, 0.15) is 38.2 Å². The Labute approximate surface area is 136 Å². The van der Waals surface area contributed by atoms with Crippen LogP contribution >= 0.6 is 23.2 Å². The molecule has 1 amide bonds. The number of carbonyl (C=O) groups is 1. The fourth-order valence-corrected chi connectivity index (χ4v) is 3.18. The van der Waals surface area contributed by atoms with Gasteiger partial charge in [-0.1, -0.05) is 29.3 Å². The highest BCUT2D eigenvalue weighted by Gasteiger charge is 2.26. The van der Waals surface area contributed by atoms with Crippen molar-refractivity contribution in [3.05, 3.63) is 33.8 Å². The van der Waals surface area contributed by atoms with Crippen LogP contribution < -0.4 is 5.73 Å².